The maximum Gasteiger partial charge on any atom is 0.345 e. The van der Waals surface area contributed by atoms with Crippen LogP contribution in [0.3, 0.4) is 0 Å². The molecule has 3 nitrogen and oxygen atoms in total. The first-order valence-electron chi connectivity index (χ1n) is 8.16. The second kappa shape index (κ2) is 8.06. The van der Waals surface area contributed by atoms with E-state index in [2.05, 4.69) is 41.3 Å². The Kier molecular flexibility index (Phi) is 5.60. The van der Waals surface area contributed by atoms with E-state index < -0.39 is 13.2 Å². The van der Waals surface area contributed by atoms with Gasteiger partial charge in [0.1, 0.15) is 23.2 Å². The molecule has 1 N–H and O–H groups in total. The fourth-order valence-corrected chi connectivity index (χ4v) is 7.42. The average molecular weight is 351 g/mol. The minimum atomic E-state index is -2.03. The number of carbonyl (C=O) groups is 1. The summed E-state index contributed by atoms with van der Waals surface area (Å²) in [5, 5.41) is 12.3. The van der Waals surface area contributed by atoms with Crippen LogP contribution in [0.5, 0.6) is 0 Å². The van der Waals surface area contributed by atoms with Crippen LogP contribution in [0.4, 0.5) is 0 Å². The van der Waals surface area contributed by atoms with Crippen LogP contribution in [0.1, 0.15) is 6.42 Å². The zero-order valence-electron chi connectivity index (χ0n) is 13.8. The summed E-state index contributed by atoms with van der Waals surface area (Å²) in [7, 11) is -2.03. The molecule has 0 aliphatic heterocycles. The quantitative estimate of drug-likeness (QED) is 0.421. The predicted octanol–water partition coefficient (Wildman–Crippen LogP) is 3.39. The van der Waals surface area contributed by atoms with Crippen molar-refractivity contribution in [3.05, 3.63) is 91.0 Å². The molecular formula is C21H20O3P+. The van der Waals surface area contributed by atoms with Gasteiger partial charge in [0.25, 0.3) is 0 Å². The van der Waals surface area contributed by atoms with Crippen LogP contribution in [-0.2, 0) is 9.68 Å². The first-order chi connectivity index (χ1) is 12.3. The monoisotopic (exact) mass is 351 g/mol. The van der Waals surface area contributed by atoms with Crippen molar-refractivity contribution in [1.82, 2.24) is 0 Å². The van der Waals surface area contributed by atoms with Crippen LogP contribution in [0.2, 0.25) is 0 Å². The van der Waals surface area contributed by atoms with E-state index in [0.717, 1.165) is 0 Å². The molecule has 0 radical (unpaired) electrons. The second-order valence-electron chi connectivity index (χ2n) is 5.75. The van der Waals surface area contributed by atoms with Gasteiger partial charge in [0.05, 0.1) is 12.6 Å². The highest BCUT2D eigenvalue weighted by atomic mass is 31.2. The number of carbonyl (C=O) groups excluding carboxylic acids is 1. The van der Waals surface area contributed by atoms with E-state index in [9.17, 15) is 4.79 Å². The molecule has 0 unspecified atom stereocenters. The molecule has 0 saturated carbocycles. The standard InChI is InChI=1S/C21H19O3P/c22-21(24-23)16-17-25(18-10-4-1-5-11-18,19-12-6-2-7-13-19)20-14-8-3-9-15-20/h1-15H,16-17H2/p+1. The molecule has 4 heteroatoms. The van der Waals surface area contributed by atoms with Crippen LogP contribution in [0.25, 0.3) is 0 Å². The van der Waals surface area contributed by atoms with Crippen molar-refractivity contribution in [3.8, 4) is 0 Å². The van der Waals surface area contributed by atoms with E-state index in [0.29, 0.717) is 6.16 Å². The van der Waals surface area contributed by atoms with Gasteiger partial charge in [-0.3, -0.25) is 0 Å². The fourth-order valence-electron chi connectivity index (χ4n) is 3.19. The minimum Gasteiger partial charge on any atom is -0.301 e. The lowest BCUT2D eigenvalue weighted by Crippen LogP contribution is -2.34. The van der Waals surface area contributed by atoms with Gasteiger partial charge >= 0.3 is 5.97 Å². The van der Waals surface area contributed by atoms with Gasteiger partial charge < -0.3 is 4.89 Å². The summed E-state index contributed by atoms with van der Waals surface area (Å²) in [6, 6.07) is 30.9. The van der Waals surface area contributed by atoms with Gasteiger partial charge in [-0.2, -0.15) is 5.26 Å². The van der Waals surface area contributed by atoms with E-state index in [1.807, 2.05) is 54.6 Å². The minimum absolute atomic E-state index is 0.156. The van der Waals surface area contributed by atoms with Gasteiger partial charge in [-0.15, -0.1) is 0 Å². The number of rotatable bonds is 6. The van der Waals surface area contributed by atoms with E-state index >= 15 is 0 Å². The van der Waals surface area contributed by atoms with Gasteiger partial charge in [-0.1, -0.05) is 54.6 Å². The maximum absolute atomic E-state index is 11.7. The van der Waals surface area contributed by atoms with E-state index in [4.69, 9.17) is 5.26 Å². The van der Waals surface area contributed by atoms with Crippen LogP contribution in [-0.4, -0.2) is 17.4 Å². The molecular weight excluding hydrogens is 331 g/mol. The number of hydrogen-bond donors (Lipinski definition) is 1. The summed E-state index contributed by atoms with van der Waals surface area (Å²) in [6.07, 6.45) is 0.757. The summed E-state index contributed by atoms with van der Waals surface area (Å²) < 4.78 is 0. The molecule has 0 fully saturated rings. The molecule has 25 heavy (non-hydrogen) atoms. The molecule has 0 heterocycles. The maximum atomic E-state index is 11.7. The first kappa shape index (κ1) is 17.3. The molecule has 0 spiro atoms. The summed E-state index contributed by atoms with van der Waals surface area (Å²) in [5.41, 5.74) is 0. The van der Waals surface area contributed by atoms with Gasteiger partial charge in [0.2, 0.25) is 0 Å². The third-order valence-electron chi connectivity index (χ3n) is 4.34. The number of hydrogen-bond acceptors (Lipinski definition) is 3. The molecule has 3 aromatic carbocycles. The van der Waals surface area contributed by atoms with Gasteiger partial charge in [0, 0.05) is 0 Å². The highest BCUT2D eigenvalue weighted by Crippen LogP contribution is 2.55. The summed E-state index contributed by atoms with van der Waals surface area (Å²) in [4.78, 5) is 15.6. The topological polar surface area (TPSA) is 46.5 Å². The Morgan fingerprint density at radius 3 is 1.40 bits per heavy atom. The highest BCUT2D eigenvalue weighted by molar-refractivity contribution is 7.95. The summed E-state index contributed by atoms with van der Waals surface area (Å²) in [5.74, 6) is -0.604. The van der Waals surface area contributed by atoms with E-state index in [1.165, 1.54) is 15.9 Å². The van der Waals surface area contributed by atoms with Crippen molar-refractivity contribution in [2.75, 3.05) is 6.16 Å². The third-order valence-corrected chi connectivity index (χ3v) is 8.78. The predicted molar refractivity (Wildman–Crippen MR) is 103 cm³/mol. The molecule has 0 atom stereocenters. The molecule has 3 aromatic rings. The van der Waals surface area contributed by atoms with Crippen LogP contribution in [0, 0.1) is 0 Å². The van der Waals surface area contributed by atoms with Crippen molar-refractivity contribution < 1.29 is 14.9 Å². The lowest BCUT2D eigenvalue weighted by Gasteiger charge is -2.27. The molecule has 0 amide bonds. The van der Waals surface area contributed by atoms with Gasteiger partial charge in [0.15, 0.2) is 0 Å². The zero-order valence-corrected chi connectivity index (χ0v) is 14.7. The first-order valence-corrected chi connectivity index (χ1v) is 10.1. The lowest BCUT2D eigenvalue weighted by atomic mass is 10.4. The zero-order chi connectivity index (χ0) is 17.5. The average Bonchev–Trinajstić information content (AvgIpc) is 2.71. The third kappa shape index (κ3) is 3.63. The second-order valence-corrected chi connectivity index (χ2v) is 9.37. The smallest absolute Gasteiger partial charge is 0.301 e. The van der Waals surface area contributed by atoms with Crippen molar-refractivity contribution in [2.24, 2.45) is 0 Å². The molecule has 126 valence electrons. The largest absolute Gasteiger partial charge is 0.345 e. The molecule has 3 rings (SSSR count). The summed E-state index contributed by atoms with van der Waals surface area (Å²) in [6.45, 7) is 0. The molecule has 0 aliphatic carbocycles. The molecule has 0 bridgehead atoms. The van der Waals surface area contributed by atoms with E-state index in [1.54, 1.807) is 0 Å². The van der Waals surface area contributed by atoms with Crippen molar-refractivity contribution in [1.29, 1.82) is 0 Å². The Balaban J connectivity index is 2.22. The Hall–Kier alpha value is -2.48. The molecule has 0 aliphatic rings. The van der Waals surface area contributed by atoms with Gasteiger partial charge in [-0.25, -0.2) is 4.79 Å². The molecule has 0 saturated heterocycles. The lowest BCUT2D eigenvalue weighted by molar-refractivity contribution is -0.233. The Bertz CT molecular complexity index is 708. The van der Waals surface area contributed by atoms with Crippen LogP contribution < -0.4 is 15.9 Å². The Morgan fingerprint density at radius 2 is 1.08 bits per heavy atom. The highest BCUT2D eigenvalue weighted by Gasteiger charge is 2.45. The summed E-state index contributed by atoms with van der Waals surface area (Å²) >= 11 is 0. The van der Waals surface area contributed by atoms with Crippen LogP contribution in [0.15, 0.2) is 91.0 Å². The van der Waals surface area contributed by atoms with Crippen molar-refractivity contribution in [2.45, 2.75) is 6.42 Å². The SMILES string of the molecule is O=C(CC[P+](c1ccccc1)(c1ccccc1)c1ccccc1)OO. The Morgan fingerprint density at radius 1 is 0.720 bits per heavy atom. The van der Waals surface area contributed by atoms with Crippen molar-refractivity contribution >= 4 is 29.1 Å². The number of benzene rings is 3. The van der Waals surface area contributed by atoms with Crippen LogP contribution >= 0.6 is 7.26 Å². The van der Waals surface area contributed by atoms with Crippen molar-refractivity contribution in [3.63, 3.8) is 0 Å². The molecule has 0 aromatic heterocycles. The van der Waals surface area contributed by atoms with E-state index in [-0.39, 0.29) is 6.42 Å². The normalized spacial score (nSPS) is 11.1. The fraction of sp³-hybridized carbons (Fsp3) is 0.0952. The van der Waals surface area contributed by atoms with Gasteiger partial charge in [-0.05, 0) is 36.4 Å². The Labute approximate surface area is 148 Å².